The summed E-state index contributed by atoms with van der Waals surface area (Å²) in [6, 6.07) is 9.12. The zero-order valence-corrected chi connectivity index (χ0v) is 13.7. The first kappa shape index (κ1) is 15.0. The lowest BCUT2D eigenvalue weighted by Gasteiger charge is -2.17. The molecule has 0 aliphatic carbocycles. The van der Waals surface area contributed by atoms with E-state index in [4.69, 9.17) is 9.47 Å². The Bertz CT molecular complexity index is 775. The molecule has 1 saturated heterocycles. The second kappa shape index (κ2) is 6.16. The summed E-state index contributed by atoms with van der Waals surface area (Å²) in [5, 5.41) is 4.90. The molecular weight excluding hydrogens is 328 g/mol. The van der Waals surface area contributed by atoms with Gasteiger partial charge in [0.2, 0.25) is 18.6 Å². The Morgan fingerprint density at radius 3 is 3.00 bits per heavy atom. The largest absolute Gasteiger partial charge is 0.454 e. The highest BCUT2D eigenvalue weighted by molar-refractivity contribution is 7.10. The smallest absolute Gasteiger partial charge is 0.231 e. The molecule has 124 valence electrons. The summed E-state index contributed by atoms with van der Waals surface area (Å²) in [5.74, 6) is 1.27. The van der Waals surface area contributed by atoms with Crippen LogP contribution in [0.2, 0.25) is 0 Å². The third-order valence-electron chi connectivity index (χ3n) is 4.07. The molecule has 1 fully saturated rings. The normalized spacial score (nSPS) is 18.9. The summed E-state index contributed by atoms with van der Waals surface area (Å²) in [6.45, 7) is 0.669. The molecule has 3 heterocycles. The van der Waals surface area contributed by atoms with Gasteiger partial charge in [0.1, 0.15) is 0 Å². The van der Waals surface area contributed by atoms with Gasteiger partial charge in [-0.05, 0) is 23.6 Å². The van der Waals surface area contributed by atoms with E-state index in [1.165, 1.54) is 0 Å². The summed E-state index contributed by atoms with van der Waals surface area (Å²) < 4.78 is 10.6. The highest BCUT2D eigenvalue weighted by atomic mass is 32.1. The maximum atomic E-state index is 12.3. The van der Waals surface area contributed by atoms with Crippen molar-refractivity contribution in [2.45, 2.75) is 18.9 Å². The molecular formula is C17H16N2O4S. The summed E-state index contributed by atoms with van der Waals surface area (Å²) in [6.07, 6.45) is 0.664. The molecule has 2 aliphatic heterocycles. The molecule has 7 heteroatoms. The second-order valence-electron chi connectivity index (χ2n) is 5.77. The Balaban J connectivity index is 1.40. The van der Waals surface area contributed by atoms with Gasteiger partial charge in [-0.2, -0.15) is 0 Å². The lowest BCUT2D eigenvalue weighted by molar-refractivity contribution is -0.121. The molecule has 1 N–H and O–H groups in total. The highest BCUT2D eigenvalue weighted by Gasteiger charge is 2.32. The first-order chi connectivity index (χ1) is 11.7. The average Bonchev–Trinajstić information content (AvgIpc) is 3.27. The van der Waals surface area contributed by atoms with E-state index in [0.29, 0.717) is 30.9 Å². The number of benzene rings is 1. The molecule has 1 atom stereocenters. The van der Waals surface area contributed by atoms with Gasteiger partial charge in [0.25, 0.3) is 0 Å². The molecule has 0 spiro atoms. The van der Waals surface area contributed by atoms with Crippen LogP contribution in [-0.2, 0) is 16.0 Å². The third kappa shape index (κ3) is 2.94. The standard InChI is InChI=1S/C17H16N2O4S/c20-16(8-13-2-1-5-24-13)18-11-6-17(21)19(9-11)12-3-4-14-15(7-12)23-10-22-14/h1-5,7,11H,6,8-10H2,(H,18,20)/t11-/m0/s1. The van der Waals surface area contributed by atoms with Crippen LogP contribution in [0.25, 0.3) is 0 Å². The number of carbonyl (C=O) groups excluding carboxylic acids is 2. The zero-order valence-electron chi connectivity index (χ0n) is 12.9. The first-order valence-corrected chi connectivity index (χ1v) is 8.59. The first-order valence-electron chi connectivity index (χ1n) is 7.71. The van der Waals surface area contributed by atoms with E-state index in [-0.39, 0.29) is 24.6 Å². The number of nitrogens with zero attached hydrogens (tertiary/aromatic N) is 1. The molecule has 0 bridgehead atoms. The Hall–Kier alpha value is -2.54. The number of thiophene rings is 1. The Morgan fingerprint density at radius 1 is 1.29 bits per heavy atom. The van der Waals surface area contributed by atoms with Crippen LogP contribution in [0.4, 0.5) is 5.69 Å². The van der Waals surface area contributed by atoms with Gasteiger partial charge in [0.15, 0.2) is 11.5 Å². The number of rotatable bonds is 4. The molecule has 0 saturated carbocycles. The Labute approximate surface area is 143 Å². The van der Waals surface area contributed by atoms with Gasteiger partial charge in [0, 0.05) is 29.6 Å². The lowest BCUT2D eigenvalue weighted by atomic mass is 10.2. The summed E-state index contributed by atoms with van der Waals surface area (Å²) >= 11 is 1.55. The van der Waals surface area contributed by atoms with Crippen molar-refractivity contribution in [2.24, 2.45) is 0 Å². The van der Waals surface area contributed by atoms with Gasteiger partial charge in [-0.3, -0.25) is 9.59 Å². The van der Waals surface area contributed by atoms with Crippen LogP contribution in [0.15, 0.2) is 35.7 Å². The average molecular weight is 344 g/mol. The molecule has 4 rings (SSSR count). The minimum absolute atomic E-state index is 0.00436. The molecule has 6 nitrogen and oxygen atoms in total. The van der Waals surface area contributed by atoms with Gasteiger partial charge in [0.05, 0.1) is 12.5 Å². The number of anilines is 1. The van der Waals surface area contributed by atoms with Gasteiger partial charge in [-0.25, -0.2) is 0 Å². The van der Waals surface area contributed by atoms with Gasteiger partial charge < -0.3 is 19.7 Å². The molecule has 2 aliphatic rings. The number of amides is 2. The SMILES string of the molecule is O=C(Cc1cccs1)N[C@H]1CC(=O)N(c2ccc3c(c2)OCO3)C1. The predicted molar refractivity (Wildman–Crippen MR) is 89.5 cm³/mol. The summed E-state index contributed by atoms with van der Waals surface area (Å²) in [4.78, 5) is 27.1. The van der Waals surface area contributed by atoms with Crippen LogP contribution in [0.1, 0.15) is 11.3 Å². The fourth-order valence-electron chi connectivity index (χ4n) is 2.96. The molecule has 2 aromatic rings. The maximum absolute atomic E-state index is 12.3. The molecule has 1 aromatic carbocycles. The van der Waals surface area contributed by atoms with Crippen molar-refractivity contribution in [2.75, 3.05) is 18.2 Å². The lowest BCUT2D eigenvalue weighted by Crippen LogP contribution is -2.37. The van der Waals surface area contributed by atoms with E-state index in [0.717, 1.165) is 10.6 Å². The molecule has 0 unspecified atom stereocenters. The predicted octanol–water partition coefficient (Wildman–Crippen LogP) is 1.94. The van der Waals surface area contributed by atoms with E-state index in [1.54, 1.807) is 28.4 Å². The number of hydrogen-bond acceptors (Lipinski definition) is 5. The Morgan fingerprint density at radius 2 is 2.17 bits per heavy atom. The van der Waals surface area contributed by atoms with E-state index in [9.17, 15) is 9.59 Å². The van der Waals surface area contributed by atoms with Crippen molar-refractivity contribution in [1.82, 2.24) is 5.32 Å². The Kier molecular flexibility index (Phi) is 3.86. The number of ether oxygens (including phenoxy) is 2. The maximum Gasteiger partial charge on any atom is 0.231 e. The monoisotopic (exact) mass is 344 g/mol. The second-order valence-corrected chi connectivity index (χ2v) is 6.80. The van der Waals surface area contributed by atoms with Crippen molar-refractivity contribution < 1.29 is 19.1 Å². The van der Waals surface area contributed by atoms with Crippen molar-refractivity contribution in [3.8, 4) is 11.5 Å². The van der Waals surface area contributed by atoms with Crippen molar-refractivity contribution in [1.29, 1.82) is 0 Å². The zero-order chi connectivity index (χ0) is 16.5. The van der Waals surface area contributed by atoms with Gasteiger partial charge in [-0.1, -0.05) is 6.07 Å². The number of hydrogen-bond donors (Lipinski definition) is 1. The van der Waals surface area contributed by atoms with Gasteiger partial charge in [-0.15, -0.1) is 11.3 Å². The molecule has 1 aromatic heterocycles. The fourth-order valence-corrected chi connectivity index (χ4v) is 3.66. The van der Waals surface area contributed by atoms with Crippen LogP contribution in [-0.4, -0.2) is 31.2 Å². The minimum Gasteiger partial charge on any atom is -0.454 e. The van der Waals surface area contributed by atoms with Crippen molar-refractivity contribution in [3.63, 3.8) is 0 Å². The van der Waals surface area contributed by atoms with Gasteiger partial charge >= 0.3 is 0 Å². The summed E-state index contributed by atoms with van der Waals surface area (Å²) in [7, 11) is 0. The number of fused-ring (bicyclic) bond motifs is 1. The summed E-state index contributed by atoms with van der Waals surface area (Å²) in [5.41, 5.74) is 0.763. The molecule has 2 amide bonds. The fraction of sp³-hybridized carbons (Fsp3) is 0.294. The van der Waals surface area contributed by atoms with E-state index in [1.807, 2.05) is 23.6 Å². The number of nitrogens with one attached hydrogen (secondary N) is 1. The van der Waals surface area contributed by atoms with Crippen molar-refractivity contribution in [3.05, 3.63) is 40.6 Å². The van der Waals surface area contributed by atoms with Crippen LogP contribution >= 0.6 is 11.3 Å². The van der Waals surface area contributed by atoms with Crippen LogP contribution in [0.5, 0.6) is 11.5 Å². The minimum atomic E-state index is -0.171. The topological polar surface area (TPSA) is 67.9 Å². The van der Waals surface area contributed by atoms with Crippen molar-refractivity contribution >= 4 is 28.8 Å². The number of carbonyl (C=O) groups is 2. The molecule has 0 radical (unpaired) electrons. The van der Waals surface area contributed by atoms with E-state index < -0.39 is 0 Å². The van der Waals surface area contributed by atoms with E-state index >= 15 is 0 Å². The third-order valence-corrected chi connectivity index (χ3v) is 4.95. The highest BCUT2D eigenvalue weighted by Crippen LogP contribution is 2.36. The molecule has 24 heavy (non-hydrogen) atoms. The quantitative estimate of drug-likeness (QED) is 0.920. The van der Waals surface area contributed by atoms with Crippen LogP contribution < -0.4 is 19.7 Å². The van der Waals surface area contributed by atoms with Crippen LogP contribution in [0.3, 0.4) is 0 Å². The van der Waals surface area contributed by atoms with E-state index in [2.05, 4.69) is 5.32 Å². The van der Waals surface area contributed by atoms with Crippen LogP contribution in [0, 0.1) is 0 Å².